The summed E-state index contributed by atoms with van der Waals surface area (Å²) in [5, 5.41) is 6.80. The fraction of sp³-hybridized carbons (Fsp3) is 0.0588. The summed E-state index contributed by atoms with van der Waals surface area (Å²) in [5.74, 6) is 0.547. The molecular formula is C17H13BrN2O2. The van der Waals surface area contributed by atoms with Crippen molar-refractivity contribution in [3.05, 3.63) is 76.4 Å². The zero-order valence-electron chi connectivity index (χ0n) is 11.6. The summed E-state index contributed by atoms with van der Waals surface area (Å²) in [6.07, 6.45) is 0. The average Bonchev–Trinajstić information content (AvgIpc) is 3.03. The van der Waals surface area contributed by atoms with Crippen molar-refractivity contribution in [2.75, 3.05) is 0 Å². The van der Waals surface area contributed by atoms with Crippen LogP contribution >= 0.6 is 15.9 Å². The molecule has 0 saturated heterocycles. The Labute approximate surface area is 136 Å². The summed E-state index contributed by atoms with van der Waals surface area (Å²) in [6, 6.07) is 18.7. The van der Waals surface area contributed by atoms with E-state index in [1.54, 1.807) is 12.1 Å². The number of nitrogens with one attached hydrogen (secondary N) is 1. The van der Waals surface area contributed by atoms with Gasteiger partial charge in [-0.15, -0.1) is 0 Å². The second kappa shape index (κ2) is 6.58. The number of nitrogens with zero attached hydrogens (tertiary/aromatic N) is 1. The molecule has 0 spiro atoms. The van der Waals surface area contributed by atoms with E-state index in [9.17, 15) is 4.79 Å². The number of hydrogen-bond donors (Lipinski definition) is 1. The molecule has 2 aromatic carbocycles. The second-order valence-corrected chi connectivity index (χ2v) is 5.65. The first-order valence-corrected chi connectivity index (χ1v) is 7.56. The second-order valence-electron chi connectivity index (χ2n) is 4.74. The molecule has 0 unspecified atom stereocenters. The first-order chi connectivity index (χ1) is 10.7. The highest BCUT2D eigenvalue weighted by Gasteiger charge is 2.09. The topological polar surface area (TPSA) is 55.1 Å². The van der Waals surface area contributed by atoms with E-state index in [1.807, 2.05) is 48.5 Å². The van der Waals surface area contributed by atoms with Gasteiger partial charge in [0.15, 0.2) is 5.76 Å². The van der Waals surface area contributed by atoms with Gasteiger partial charge in [-0.3, -0.25) is 4.79 Å². The minimum absolute atomic E-state index is 0.142. The lowest BCUT2D eigenvalue weighted by atomic mass is 10.1. The van der Waals surface area contributed by atoms with Crippen molar-refractivity contribution < 1.29 is 9.32 Å². The highest BCUT2D eigenvalue weighted by Crippen LogP contribution is 2.19. The van der Waals surface area contributed by atoms with Gasteiger partial charge in [0.25, 0.3) is 5.91 Å². The summed E-state index contributed by atoms with van der Waals surface area (Å²) in [5.41, 5.74) is 2.25. The summed E-state index contributed by atoms with van der Waals surface area (Å²) >= 11 is 3.34. The Morgan fingerprint density at radius 1 is 1.09 bits per heavy atom. The van der Waals surface area contributed by atoms with Crippen molar-refractivity contribution in [1.82, 2.24) is 10.5 Å². The van der Waals surface area contributed by atoms with E-state index in [0.717, 1.165) is 10.0 Å². The summed E-state index contributed by atoms with van der Waals surface area (Å²) in [4.78, 5) is 12.0. The van der Waals surface area contributed by atoms with Crippen LogP contribution in [0.25, 0.3) is 11.3 Å². The highest BCUT2D eigenvalue weighted by molar-refractivity contribution is 9.10. The maximum absolute atomic E-state index is 12.0. The van der Waals surface area contributed by atoms with Gasteiger partial charge in [-0.1, -0.05) is 51.4 Å². The molecule has 4 nitrogen and oxygen atoms in total. The third-order valence-corrected chi connectivity index (χ3v) is 3.68. The molecule has 1 heterocycles. The van der Waals surface area contributed by atoms with Gasteiger partial charge in [0.05, 0.1) is 6.54 Å². The maximum atomic E-state index is 12.0. The third-order valence-electron chi connectivity index (χ3n) is 3.15. The summed E-state index contributed by atoms with van der Waals surface area (Å²) in [6.45, 7) is 0.325. The molecule has 0 aliphatic rings. The molecule has 0 radical (unpaired) electrons. The van der Waals surface area contributed by atoms with Gasteiger partial charge < -0.3 is 9.84 Å². The molecule has 0 atom stereocenters. The molecule has 0 aliphatic heterocycles. The van der Waals surface area contributed by atoms with Crippen molar-refractivity contribution in [3.8, 4) is 11.3 Å². The number of carbonyl (C=O) groups is 1. The summed E-state index contributed by atoms with van der Waals surface area (Å²) < 4.78 is 6.23. The molecule has 0 fully saturated rings. The van der Waals surface area contributed by atoms with Crippen molar-refractivity contribution in [3.63, 3.8) is 0 Å². The zero-order valence-corrected chi connectivity index (χ0v) is 13.2. The van der Waals surface area contributed by atoms with E-state index < -0.39 is 0 Å². The Morgan fingerprint density at radius 2 is 1.82 bits per heavy atom. The van der Waals surface area contributed by atoms with Crippen LogP contribution < -0.4 is 5.32 Å². The van der Waals surface area contributed by atoms with Crippen molar-refractivity contribution >= 4 is 21.8 Å². The van der Waals surface area contributed by atoms with Crippen LogP contribution in [0.2, 0.25) is 0 Å². The lowest BCUT2D eigenvalue weighted by Crippen LogP contribution is -2.22. The smallest absolute Gasteiger partial charge is 0.251 e. The van der Waals surface area contributed by atoms with E-state index in [4.69, 9.17) is 4.52 Å². The third kappa shape index (κ3) is 3.43. The Balaban J connectivity index is 1.64. The minimum atomic E-state index is -0.142. The molecule has 0 bridgehead atoms. The molecular weight excluding hydrogens is 344 g/mol. The minimum Gasteiger partial charge on any atom is -0.356 e. The van der Waals surface area contributed by atoms with E-state index >= 15 is 0 Å². The molecule has 0 aliphatic carbocycles. The van der Waals surface area contributed by atoms with Crippen LogP contribution in [0.1, 0.15) is 16.1 Å². The lowest BCUT2D eigenvalue weighted by Gasteiger charge is -2.02. The molecule has 3 aromatic rings. The van der Waals surface area contributed by atoms with Crippen LogP contribution in [0.4, 0.5) is 0 Å². The number of hydrogen-bond acceptors (Lipinski definition) is 3. The molecule has 22 heavy (non-hydrogen) atoms. The fourth-order valence-corrected chi connectivity index (χ4v) is 2.27. The SMILES string of the molecule is O=C(NCc1cc(-c2ccccc2)on1)c1ccc(Br)cc1. The van der Waals surface area contributed by atoms with Crippen molar-refractivity contribution in [1.29, 1.82) is 0 Å². The van der Waals surface area contributed by atoms with Crippen LogP contribution in [-0.4, -0.2) is 11.1 Å². The number of amides is 1. The van der Waals surface area contributed by atoms with Crippen molar-refractivity contribution in [2.24, 2.45) is 0 Å². The van der Waals surface area contributed by atoms with Gasteiger partial charge in [-0.25, -0.2) is 0 Å². The van der Waals surface area contributed by atoms with Crippen LogP contribution in [0, 0.1) is 0 Å². The molecule has 1 aromatic heterocycles. The predicted octanol–water partition coefficient (Wildman–Crippen LogP) is 4.03. The van der Waals surface area contributed by atoms with E-state index in [-0.39, 0.29) is 5.91 Å². The molecule has 110 valence electrons. The van der Waals surface area contributed by atoms with E-state index in [0.29, 0.717) is 23.6 Å². The monoisotopic (exact) mass is 356 g/mol. The first-order valence-electron chi connectivity index (χ1n) is 6.77. The van der Waals surface area contributed by atoms with Gasteiger partial charge in [0.2, 0.25) is 0 Å². The number of carbonyl (C=O) groups excluding carboxylic acids is 1. The Bertz CT molecular complexity index is 767. The number of halogens is 1. The van der Waals surface area contributed by atoms with Gasteiger partial charge in [-0.05, 0) is 24.3 Å². The first kappa shape index (κ1) is 14.5. The Morgan fingerprint density at radius 3 is 2.55 bits per heavy atom. The molecule has 5 heteroatoms. The Hall–Kier alpha value is -2.40. The van der Waals surface area contributed by atoms with Gasteiger partial charge >= 0.3 is 0 Å². The fourth-order valence-electron chi connectivity index (χ4n) is 2.01. The molecule has 1 amide bonds. The number of aromatic nitrogens is 1. The predicted molar refractivity (Wildman–Crippen MR) is 87.3 cm³/mol. The van der Waals surface area contributed by atoms with E-state index in [1.165, 1.54) is 0 Å². The number of benzene rings is 2. The number of rotatable bonds is 4. The lowest BCUT2D eigenvalue weighted by molar-refractivity contribution is 0.0950. The molecule has 1 N–H and O–H groups in total. The maximum Gasteiger partial charge on any atom is 0.251 e. The molecule has 0 saturated carbocycles. The van der Waals surface area contributed by atoms with Gasteiger partial charge in [0, 0.05) is 21.7 Å². The summed E-state index contributed by atoms with van der Waals surface area (Å²) in [7, 11) is 0. The normalized spacial score (nSPS) is 10.4. The quantitative estimate of drug-likeness (QED) is 0.767. The molecule has 3 rings (SSSR count). The van der Waals surface area contributed by atoms with Crippen LogP contribution in [0.5, 0.6) is 0 Å². The van der Waals surface area contributed by atoms with Crippen LogP contribution in [0.15, 0.2) is 69.7 Å². The van der Waals surface area contributed by atoms with E-state index in [2.05, 4.69) is 26.4 Å². The van der Waals surface area contributed by atoms with Gasteiger partial charge in [-0.2, -0.15) is 0 Å². The van der Waals surface area contributed by atoms with Gasteiger partial charge in [0.1, 0.15) is 5.69 Å². The zero-order chi connectivity index (χ0) is 15.4. The average molecular weight is 357 g/mol. The standard InChI is InChI=1S/C17H13BrN2O2/c18-14-8-6-13(7-9-14)17(21)19-11-15-10-16(22-20-15)12-4-2-1-3-5-12/h1-10H,11H2,(H,19,21). The van der Waals surface area contributed by atoms with Crippen molar-refractivity contribution in [2.45, 2.75) is 6.54 Å². The largest absolute Gasteiger partial charge is 0.356 e. The highest BCUT2D eigenvalue weighted by atomic mass is 79.9. The Kier molecular flexibility index (Phi) is 4.34. The van der Waals surface area contributed by atoms with Crippen LogP contribution in [0.3, 0.4) is 0 Å². The van der Waals surface area contributed by atoms with Crippen LogP contribution in [-0.2, 0) is 6.54 Å².